The summed E-state index contributed by atoms with van der Waals surface area (Å²) < 4.78 is 5.14. The normalized spacial score (nSPS) is 18.1. The molecule has 0 spiro atoms. The van der Waals surface area contributed by atoms with E-state index in [-0.39, 0.29) is 11.3 Å². The predicted molar refractivity (Wildman–Crippen MR) is 59.4 cm³/mol. The molecule has 1 aromatic rings. The topological polar surface area (TPSA) is 79.5 Å². The number of aliphatic carboxylic acids is 1. The molecule has 0 amide bonds. The molecular weight excluding hydrogens is 222 g/mol. The van der Waals surface area contributed by atoms with Gasteiger partial charge in [-0.05, 0) is 0 Å². The molecule has 6 nitrogen and oxygen atoms in total. The summed E-state index contributed by atoms with van der Waals surface area (Å²) in [4.78, 5) is 16.9. The summed E-state index contributed by atoms with van der Waals surface area (Å²) in [5.41, 5.74) is -0.125. The van der Waals surface area contributed by atoms with Crippen molar-refractivity contribution < 1.29 is 14.4 Å². The number of aromatic nitrogens is 2. The molecule has 1 aliphatic heterocycles. The molecule has 0 atom stereocenters. The minimum atomic E-state index is -0.734. The maximum Gasteiger partial charge on any atom is 0.309 e. The van der Waals surface area contributed by atoms with Crippen molar-refractivity contribution in [3.8, 4) is 0 Å². The third-order valence-corrected chi connectivity index (χ3v) is 2.80. The van der Waals surface area contributed by atoms with E-state index in [0.717, 1.165) is 0 Å². The van der Waals surface area contributed by atoms with Crippen LogP contribution in [0.25, 0.3) is 0 Å². The summed E-state index contributed by atoms with van der Waals surface area (Å²) in [6.07, 6.45) is 0. The molecule has 1 aromatic heterocycles. The zero-order chi connectivity index (χ0) is 12.6. The van der Waals surface area contributed by atoms with Crippen LogP contribution in [-0.2, 0) is 16.8 Å². The van der Waals surface area contributed by atoms with Gasteiger partial charge in [0, 0.05) is 18.5 Å². The molecular formula is C11H17N3O3. The average molecular weight is 239 g/mol. The van der Waals surface area contributed by atoms with Crippen molar-refractivity contribution in [1.29, 1.82) is 0 Å². The molecule has 0 aromatic carbocycles. The van der Waals surface area contributed by atoms with E-state index in [4.69, 9.17) is 9.63 Å². The smallest absolute Gasteiger partial charge is 0.309 e. The summed E-state index contributed by atoms with van der Waals surface area (Å²) in [5.74, 6) is 0.253. The molecule has 2 heterocycles. The van der Waals surface area contributed by atoms with Crippen LogP contribution in [0.4, 0.5) is 0 Å². The van der Waals surface area contributed by atoms with Gasteiger partial charge in [0.2, 0.25) is 5.89 Å². The first-order chi connectivity index (χ1) is 7.86. The van der Waals surface area contributed by atoms with Gasteiger partial charge in [-0.3, -0.25) is 9.69 Å². The fourth-order valence-electron chi connectivity index (χ4n) is 1.67. The lowest BCUT2D eigenvalue weighted by atomic mass is 9.96. The molecule has 94 valence electrons. The molecule has 0 unspecified atom stereocenters. The van der Waals surface area contributed by atoms with Crippen molar-refractivity contribution in [1.82, 2.24) is 15.0 Å². The molecule has 6 heteroatoms. The molecule has 1 fully saturated rings. The number of hydrogen-bond acceptors (Lipinski definition) is 5. The Morgan fingerprint density at radius 1 is 1.53 bits per heavy atom. The quantitative estimate of drug-likeness (QED) is 0.843. The van der Waals surface area contributed by atoms with Gasteiger partial charge in [0.05, 0.1) is 12.5 Å². The average Bonchev–Trinajstić information content (AvgIpc) is 2.57. The molecule has 1 saturated heterocycles. The van der Waals surface area contributed by atoms with E-state index in [2.05, 4.69) is 10.1 Å². The second kappa shape index (κ2) is 4.10. The van der Waals surface area contributed by atoms with Crippen LogP contribution in [0.5, 0.6) is 0 Å². The summed E-state index contributed by atoms with van der Waals surface area (Å²) in [5, 5.41) is 12.7. The van der Waals surface area contributed by atoms with Crippen LogP contribution in [0.1, 0.15) is 32.5 Å². The molecule has 17 heavy (non-hydrogen) atoms. The van der Waals surface area contributed by atoms with Crippen molar-refractivity contribution in [3.05, 3.63) is 11.7 Å². The fraction of sp³-hybridized carbons (Fsp3) is 0.727. The molecule has 0 bridgehead atoms. The second-order valence-corrected chi connectivity index (χ2v) is 5.49. The van der Waals surface area contributed by atoms with Crippen molar-refractivity contribution in [3.63, 3.8) is 0 Å². The van der Waals surface area contributed by atoms with E-state index in [1.807, 2.05) is 25.7 Å². The van der Waals surface area contributed by atoms with E-state index in [0.29, 0.717) is 31.3 Å². The Kier molecular flexibility index (Phi) is 2.91. The SMILES string of the molecule is CC(C)(C)c1noc(CN2CC(C(=O)O)C2)n1. The Hall–Kier alpha value is -1.43. The molecule has 1 N–H and O–H groups in total. The number of carbonyl (C=O) groups is 1. The third-order valence-electron chi connectivity index (χ3n) is 2.80. The summed E-state index contributed by atoms with van der Waals surface area (Å²) in [7, 11) is 0. The minimum absolute atomic E-state index is 0.125. The van der Waals surface area contributed by atoms with Gasteiger partial charge in [0.15, 0.2) is 5.82 Å². The third kappa shape index (κ3) is 2.63. The fourth-order valence-corrected chi connectivity index (χ4v) is 1.67. The second-order valence-electron chi connectivity index (χ2n) is 5.49. The Balaban J connectivity index is 1.89. The van der Waals surface area contributed by atoms with Crippen LogP contribution in [0, 0.1) is 5.92 Å². The van der Waals surface area contributed by atoms with Gasteiger partial charge in [-0.1, -0.05) is 25.9 Å². The van der Waals surface area contributed by atoms with Crippen LogP contribution in [0.15, 0.2) is 4.52 Å². The van der Waals surface area contributed by atoms with Gasteiger partial charge in [0.25, 0.3) is 0 Å². The van der Waals surface area contributed by atoms with Gasteiger partial charge < -0.3 is 9.63 Å². The highest BCUT2D eigenvalue weighted by atomic mass is 16.5. The van der Waals surface area contributed by atoms with E-state index in [1.54, 1.807) is 0 Å². The van der Waals surface area contributed by atoms with Crippen molar-refractivity contribution in [2.24, 2.45) is 5.92 Å². The van der Waals surface area contributed by atoms with Crippen LogP contribution in [0.2, 0.25) is 0 Å². The van der Waals surface area contributed by atoms with E-state index < -0.39 is 5.97 Å². The van der Waals surface area contributed by atoms with Crippen molar-refractivity contribution in [2.75, 3.05) is 13.1 Å². The van der Waals surface area contributed by atoms with Gasteiger partial charge in [0.1, 0.15) is 0 Å². The maximum absolute atomic E-state index is 10.6. The summed E-state index contributed by atoms with van der Waals surface area (Å²) in [6, 6.07) is 0. The first-order valence-electron chi connectivity index (χ1n) is 5.64. The van der Waals surface area contributed by atoms with Crippen LogP contribution >= 0.6 is 0 Å². The molecule has 0 saturated carbocycles. The zero-order valence-corrected chi connectivity index (χ0v) is 10.3. The highest BCUT2D eigenvalue weighted by Gasteiger charge is 2.33. The lowest BCUT2D eigenvalue weighted by Crippen LogP contribution is -2.49. The number of carboxylic acid groups (broad SMARTS) is 1. The Labute approximate surface area is 99.6 Å². The monoisotopic (exact) mass is 239 g/mol. The van der Waals surface area contributed by atoms with Crippen molar-refractivity contribution in [2.45, 2.75) is 32.7 Å². The van der Waals surface area contributed by atoms with Gasteiger partial charge in [-0.2, -0.15) is 4.98 Å². The number of likely N-dealkylation sites (tertiary alicyclic amines) is 1. The summed E-state index contributed by atoms with van der Waals surface area (Å²) in [6.45, 7) is 7.71. The van der Waals surface area contributed by atoms with E-state index in [1.165, 1.54) is 0 Å². The zero-order valence-electron chi connectivity index (χ0n) is 10.3. The van der Waals surface area contributed by atoms with E-state index in [9.17, 15) is 4.79 Å². The number of hydrogen-bond donors (Lipinski definition) is 1. The highest BCUT2D eigenvalue weighted by Crippen LogP contribution is 2.21. The van der Waals surface area contributed by atoms with Crippen LogP contribution in [-0.4, -0.2) is 39.2 Å². The predicted octanol–water partition coefficient (Wildman–Crippen LogP) is 0.884. The van der Waals surface area contributed by atoms with Gasteiger partial charge in [-0.25, -0.2) is 0 Å². The summed E-state index contributed by atoms with van der Waals surface area (Å²) >= 11 is 0. The number of rotatable bonds is 3. The van der Waals surface area contributed by atoms with Crippen LogP contribution in [0.3, 0.4) is 0 Å². The number of nitrogens with zero attached hydrogens (tertiary/aromatic N) is 3. The minimum Gasteiger partial charge on any atom is -0.481 e. The Morgan fingerprint density at radius 2 is 2.18 bits per heavy atom. The van der Waals surface area contributed by atoms with Crippen molar-refractivity contribution >= 4 is 5.97 Å². The highest BCUT2D eigenvalue weighted by molar-refractivity contribution is 5.71. The first kappa shape index (κ1) is 12.0. The Morgan fingerprint density at radius 3 is 2.65 bits per heavy atom. The van der Waals surface area contributed by atoms with Gasteiger partial charge >= 0.3 is 5.97 Å². The largest absolute Gasteiger partial charge is 0.481 e. The molecule has 1 aliphatic rings. The molecule has 0 radical (unpaired) electrons. The number of carboxylic acids is 1. The maximum atomic E-state index is 10.6. The Bertz CT molecular complexity index is 416. The van der Waals surface area contributed by atoms with Gasteiger partial charge in [-0.15, -0.1) is 0 Å². The lowest BCUT2D eigenvalue weighted by Gasteiger charge is -2.35. The first-order valence-corrected chi connectivity index (χ1v) is 5.64. The standard InChI is InChI=1S/C11H17N3O3/c1-11(2,3)10-12-8(17-13-10)6-14-4-7(5-14)9(15)16/h7H,4-6H2,1-3H3,(H,15,16). The molecule has 0 aliphatic carbocycles. The van der Waals surface area contributed by atoms with E-state index >= 15 is 0 Å². The lowest BCUT2D eigenvalue weighted by molar-refractivity contribution is -0.147. The molecule has 2 rings (SSSR count). The van der Waals surface area contributed by atoms with Crippen LogP contribution < -0.4 is 0 Å².